The van der Waals surface area contributed by atoms with Gasteiger partial charge in [0, 0.05) is 24.7 Å². The zero-order valence-corrected chi connectivity index (χ0v) is 16.9. The van der Waals surface area contributed by atoms with Crippen LogP contribution in [0.2, 0.25) is 0 Å². The van der Waals surface area contributed by atoms with Crippen LogP contribution in [0, 0.1) is 12.7 Å². The number of halogens is 1. The van der Waals surface area contributed by atoms with E-state index in [2.05, 4.69) is 15.3 Å². The molecule has 0 saturated heterocycles. The van der Waals surface area contributed by atoms with Crippen molar-refractivity contribution >= 4 is 0 Å². The maximum Gasteiger partial charge on any atom is 0.271 e. The van der Waals surface area contributed by atoms with Gasteiger partial charge in [0.15, 0.2) is 0 Å². The van der Waals surface area contributed by atoms with Crippen molar-refractivity contribution in [1.82, 2.24) is 20.0 Å². The second kappa shape index (κ2) is 8.93. The number of ether oxygens (including phenoxy) is 1. The molecule has 0 unspecified atom stereocenters. The fraction of sp³-hybridized carbons (Fsp3) is 0.174. The number of H-pyrrole nitrogens is 1. The van der Waals surface area contributed by atoms with Gasteiger partial charge in [0.2, 0.25) is 5.88 Å². The van der Waals surface area contributed by atoms with E-state index < -0.39 is 0 Å². The van der Waals surface area contributed by atoms with E-state index in [1.54, 1.807) is 18.2 Å². The third kappa shape index (κ3) is 4.24. The Morgan fingerprint density at radius 3 is 2.61 bits per heavy atom. The summed E-state index contributed by atoms with van der Waals surface area (Å²) in [5, 5.41) is 20.8. The van der Waals surface area contributed by atoms with Crippen LogP contribution in [0.3, 0.4) is 0 Å². The first-order chi connectivity index (χ1) is 15.1. The number of nitrogens with one attached hydrogen (secondary N) is 1. The average molecular weight is 420 g/mol. The van der Waals surface area contributed by atoms with E-state index in [0.29, 0.717) is 34.6 Å². The van der Waals surface area contributed by atoms with Crippen LogP contribution >= 0.6 is 0 Å². The summed E-state index contributed by atoms with van der Waals surface area (Å²) < 4.78 is 20.5. The molecule has 4 rings (SSSR count). The van der Waals surface area contributed by atoms with Crippen LogP contribution in [0.25, 0.3) is 28.2 Å². The van der Waals surface area contributed by atoms with Gasteiger partial charge in [0.05, 0.1) is 29.2 Å². The van der Waals surface area contributed by atoms with Gasteiger partial charge < -0.3 is 9.84 Å². The van der Waals surface area contributed by atoms with Gasteiger partial charge in [-0.15, -0.1) is 5.10 Å². The lowest BCUT2D eigenvalue weighted by molar-refractivity contribution is 0.229. The molecule has 2 heterocycles. The van der Waals surface area contributed by atoms with Crippen molar-refractivity contribution in [2.45, 2.75) is 13.3 Å². The number of benzene rings is 2. The second-order valence-corrected chi connectivity index (χ2v) is 6.97. The van der Waals surface area contributed by atoms with Crippen LogP contribution < -0.4 is 10.3 Å². The van der Waals surface area contributed by atoms with Crippen LogP contribution in [0.15, 0.2) is 65.5 Å². The number of rotatable bonds is 7. The quantitative estimate of drug-likeness (QED) is 0.447. The number of aromatic amines is 1. The number of aliphatic hydroxyl groups excluding tert-OH is 1. The first kappa shape index (κ1) is 20.5. The molecule has 0 aliphatic rings. The van der Waals surface area contributed by atoms with Crippen molar-refractivity contribution in [3.05, 3.63) is 82.4 Å². The van der Waals surface area contributed by atoms with Gasteiger partial charge in [0.1, 0.15) is 5.82 Å². The molecule has 0 radical (unpaired) electrons. The monoisotopic (exact) mass is 420 g/mol. The number of hydrogen-bond donors (Lipinski definition) is 2. The van der Waals surface area contributed by atoms with E-state index in [1.807, 2.05) is 31.2 Å². The molecule has 7 nitrogen and oxygen atoms in total. The average Bonchev–Trinajstić information content (AvgIpc) is 3.19. The summed E-state index contributed by atoms with van der Waals surface area (Å²) in [6, 6.07) is 16.5. The molecule has 0 aliphatic heterocycles. The Kier molecular flexibility index (Phi) is 5.90. The van der Waals surface area contributed by atoms with Crippen molar-refractivity contribution < 1.29 is 14.2 Å². The predicted octanol–water partition coefficient (Wildman–Crippen LogP) is 3.50. The summed E-state index contributed by atoms with van der Waals surface area (Å²) in [5.74, 6) is -0.0641. The Balaban J connectivity index is 1.87. The molecular formula is C23H21FN4O3. The first-order valence-electron chi connectivity index (χ1n) is 9.83. The number of aliphatic hydroxyl groups is 1. The van der Waals surface area contributed by atoms with E-state index in [0.717, 1.165) is 5.56 Å². The van der Waals surface area contributed by atoms with E-state index in [-0.39, 0.29) is 30.5 Å². The fourth-order valence-corrected chi connectivity index (χ4v) is 3.24. The van der Waals surface area contributed by atoms with Crippen LogP contribution in [0.1, 0.15) is 12.0 Å². The second-order valence-electron chi connectivity index (χ2n) is 6.97. The smallest absolute Gasteiger partial charge is 0.271 e. The number of nitrogens with zero attached hydrogens (tertiary/aromatic N) is 3. The Morgan fingerprint density at radius 2 is 1.87 bits per heavy atom. The van der Waals surface area contributed by atoms with Crippen molar-refractivity contribution in [2.24, 2.45) is 0 Å². The van der Waals surface area contributed by atoms with Gasteiger partial charge in [0.25, 0.3) is 5.56 Å². The molecule has 158 valence electrons. The van der Waals surface area contributed by atoms with Crippen molar-refractivity contribution in [3.8, 4) is 34.1 Å². The Bertz CT molecular complexity index is 1250. The molecular weight excluding hydrogens is 399 g/mol. The number of aryl methyl sites for hydroxylation is 1. The number of para-hydroxylation sites is 1. The summed E-state index contributed by atoms with van der Waals surface area (Å²) in [6.45, 7) is 2.15. The standard InChI is InChI=1S/C23H21FN4O3/c1-15-5-2-3-6-19(15)28-20(30)12-11-18(27-28)21-22(16-7-9-17(24)10-8-16)25-26-23(21)31-14-4-13-29/h2-3,5-12,29H,4,13-14H2,1H3,(H,25,26). The molecule has 2 N–H and O–H groups in total. The molecule has 2 aromatic carbocycles. The topological polar surface area (TPSA) is 93.0 Å². The van der Waals surface area contributed by atoms with Gasteiger partial charge in [-0.2, -0.15) is 9.78 Å². The van der Waals surface area contributed by atoms with E-state index in [4.69, 9.17) is 9.84 Å². The maximum atomic E-state index is 13.4. The van der Waals surface area contributed by atoms with Gasteiger partial charge in [-0.05, 0) is 48.9 Å². The van der Waals surface area contributed by atoms with E-state index in [1.165, 1.54) is 22.9 Å². The third-order valence-electron chi connectivity index (χ3n) is 4.81. The van der Waals surface area contributed by atoms with Gasteiger partial charge in [-0.25, -0.2) is 4.39 Å². The molecule has 8 heteroatoms. The maximum absolute atomic E-state index is 13.4. The molecule has 0 fully saturated rings. The SMILES string of the molecule is Cc1ccccc1-n1nc(-c2c(OCCCO)n[nH]c2-c2ccc(F)cc2)ccc1=O. The van der Waals surface area contributed by atoms with Crippen LogP contribution in [-0.4, -0.2) is 38.3 Å². The van der Waals surface area contributed by atoms with Crippen LogP contribution in [0.4, 0.5) is 4.39 Å². The third-order valence-corrected chi connectivity index (χ3v) is 4.81. The summed E-state index contributed by atoms with van der Waals surface area (Å²) in [7, 11) is 0. The lowest BCUT2D eigenvalue weighted by atomic mass is 10.1. The Hall–Kier alpha value is -3.78. The molecule has 0 aliphatic carbocycles. The van der Waals surface area contributed by atoms with E-state index in [9.17, 15) is 9.18 Å². The van der Waals surface area contributed by atoms with Gasteiger partial charge >= 0.3 is 0 Å². The lowest BCUT2D eigenvalue weighted by Crippen LogP contribution is -2.21. The Labute approximate surface area is 177 Å². The fourth-order valence-electron chi connectivity index (χ4n) is 3.24. The number of aromatic nitrogens is 4. The Morgan fingerprint density at radius 1 is 1.10 bits per heavy atom. The minimum absolute atomic E-state index is 0.0129. The number of hydrogen-bond acceptors (Lipinski definition) is 5. The molecule has 0 amide bonds. The largest absolute Gasteiger partial charge is 0.476 e. The van der Waals surface area contributed by atoms with Gasteiger partial charge in [-0.1, -0.05) is 18.2 Å². The van der Waals surface area contributed by atoms with Crippen molar-refractivity contribution in [3.63, 3.8) is 0 Å². The highest BCUT2D eigenvalue weighted by Crippen LogP contribution is 2.36. The van der Waals surface area contributed by atoms with Crippen molar-refractivity contribution in [1.29, 1.82) is 0 Å². The molecule has 0 atom stereocenters. The lowest BCUT2D eigenvalue weighted by Gasteiger charge is -2.11. The minimum atomic E-state index is -0.351. The predicted molar refractivity (Wildman–Crippen MR) is 115 cm³/mol. The van der Waals surface area contributed by atoms with E-state index >= 15 is 0 Å². The molecule has 2 aromatic heterocycles. The molecule has 0 spiro atoms. The summed E-state index contributed by atoms with van der Waals surface area (Å²) in [5.41, 5.74) is 3.59. The molecule has 0 bridgehead atoms. The molecule has 4 aromatic rings. The summed E-state index contributed by atoms with van der Waals surface area (Å²) in [6.07, 6.45) is 0.439. The van der Waals surface area contributed by atoms with Gasteiger partial charge in [-0.3, -0.25) is 9.89 Å². The highest BCUT2D eigenvalue weighted by molar-refractivity contribution is 5.82. The summed E-state index contributed by atoms with van der Waals surface area (Å²) in [4.78, 5) is 12.6. The molecule has 0 saturated carbocycles. The van der Waals surface area contributed by atoms with Crippen molar-refractivity contribution in [2.75, 3.05) is 13.2 Å². The highest BCUT2D eigenvalue weighted by atomic mass is 19.1. The normalized spacial score (nSPS) is 10.9. The zero-order valence-electron chi connectivity index (χ0n) is 16.9. The zero-order chi connectivity index (χ0) is 21.8. The molecule has 31 heavy (non-hydrogen) atoms. The first-order valence-corrected chi connectivity index (χ1v) is 9.83. The van der Waals surface area contributed by atoms with Crippen LogP contribution in [-0.2, 0) is 0 Å². The van der Waals surface area contributed by atoms with Crippen LogP contribution in [0.5, 0.6) is 5.88 Å². The minimum Gasteiger partial charge on any atom is -0.476 e. The highest BCUT2D eigenvalue weighted by Gasteiger charge is 2.21. The summed E-state index contributed by atoms with van der Waals surface area (Å²) >= 11 is 0.